The Bertz CT molecular complexity index is 227. The Morgan fingerprint density at radius 2 is 1.72 bits per heavy atom. The van der Waals surface area contributed by atoms with Crippen LogP contribution < -0.4 is 5.73 Å². The summed E-state index contributed by atoms with van der Waals surface area (Å²) in [6, 6.07) is 0.172. The second kappa shape index (κ2) is 9.34. The lowest BCUT2D eigenvalue weighted by Crippen LogP contribution is -2.45. The first-order chi connectivity index (χ1) is 8.49. The van der Waals surface area contributed by atoms with Crippen molar-refractivity contribution in [3.05, 3.63) is 0 Å². The van der Waals surface area contributed by atoms with E-state index in [1.807, 2.05) is 0 Å². The fraction of sp³-hybridized carbons (Fsp3) is 0.929. The second-order valence-corrected chi connectivity index (χ2v) is 5.15. The van der Waals surface area contributed by atoms with Gasteiger partial charge in [0.15, 0.2) is 0 Å². The molecule has 0 fully saturated rings. The van der Waals surface area contributed by atoms with E-state index >= 15 is 0 Å². The lowest BCUT2D eigenvalue weighted by atomic mass is 10.0. The number of carbonyl (C=O) groups excluding carboxylic acids is 1. The first-order valence-electron chi connectivity index (χ1n) is 7.14. The van der Waals surface area contributed by atoms with Crippen molar-refractivity contribution in [2.45, 2.75) is 46.1 Å². The monoisotopic (exact) mass is 257 g/mol. The van der Waals surface area contributed by atoms with Gasteiger partial charge in [-0.2, -0.15) is 0 Å². The van der Waals surface area contributed by atoms with Crippen LogP contribution >= 0.6 is 0 Å². The Kier molecular flexibility index (Phi) is 9.02. The molecular weight excluding hydrogens is 226 g/mol. The summed E-state index contributed by atoms with van der Waals surface area (Å²) in [5, 5.41) is 0. The van der Waals surface area contributed by atoms with E-state index in [-0.39, 0.29) is 11.9 Å². The van der Waals surface area contributed by atoms with Gasteiger partial charge in [-0.1, -0.05) is 33.6 Å². The highest BCUT2D eigenvalue weighted by Gasteiger charge is 2.21. The Morgan fingerprint density at radius 1 is 1.17 bits per heavy atom. The molecule has 0 bridgehead atoms. The van der Waals surface area contributed by atoms with Crippen LogP contribution in [-0.2, 0) is 4.79 Å². The largest absolute Gasteiger partial charge is 0.349 e. The molecule has 0 spiro atoms. The van der Waals surface area contributed by atoms with Gasteiger partial charge in [-0.15, -0.1) is 0 Å². The molecule has 0 aromatic carbocycles. The smallest absolute Gasteiger partial charge is 0.223 e. The summed E-state index contributed by atoms with van der Waals surface area (Å²) in [6.45, 7) is 9.15. The van der Waals surface area contributed by atoms with Gasteiger partial charge in [-0.3, -0.25) is 9.69 Å². The molecule has 4 heteroatoms. The van der Waals surface area contributed by atoms with Crippen molar-refractivity contribution in [1.82, 2.24) is 9.80 Å². The molecule has 0 aromatic heterocycles. The molecule has 0 radical (unpaired) electrons. The summed E-state index contributed by atoms with van der Waals surface area (Å²) >= 11 is 0. The van der Waals surface area contributed by atoms with Gasteiger partial charge in [0.2, 0.25) is 5.91 Å². The van der Waals surface area contributed by atoms with Gasteiger partial charge in [-0.05, 0) is 12.5 Å². The van der Waals surface area contributed by atoms with Crippen molar-refractivity contribution in [2.24, 2.45) is 11.7 Å². The van der Waals surface area contributed by atoms with Crippen LogP contribution in [0.15, 0.2) is 0 Å². The summed E-state index contributed by atoms with van der Waals surface area (Å²) in [5.74, 6) is 0.863. The third kappa shape index (κ3) is 5.83. The molecule has 2 N–H and O–H groups in total. The predicted molar refractivity (Wildman–Crippen MR) is 77.5 cm³/mol. The highest BCUT2D eigenvalue weighted by molar-refractivity contribution is 5.76. The van der Waals surface area contributed by atoms with E-state index in [1.165, 1.54) is 12.8 Å². The highest BCUT2D eigenvalue weighted by Crippen LogP contribution is 2.13. The second-order valence-electron chi connectivity index (χ2n) is 5.15. The minimum absolute atomic E-state index is 0.161. The summed E-state index contributed by atoms with van der Waals surface area (Å²) < 4.78 is 0. The molecule has 0 saturated carbocycles. The average molecular weight is 257 g/mol. The topological polar surface area (TPSA) is 49.6 Å². The molecule has 0 aromatic rings. The Hall–Kier alpha value is -0.610. The highest BCUT2D eigenvalue weighted by atomic mass is 16.2. The number of amides is 1. The number of nitrogens with zero attached hydrogens (tertiary/aromatic N) is 2. The maximum Gasteiger partial charge on any atom is 0.223 e. The molecule has 1 unspecified atom stereocenters. The van der Waals surface area contributed by atoms with E-state index in [2.05, 4.69) is 25.7 Å². The van der Waals surface area contributed by atoms with Gasteiger partial charge in [0, 0.05) is 39.6 Å². The van der Waals surface area contributed by atoms with Crippen molar-refractivity contribution < 1.29 is 4.79 Å². The van der Waals surface area contributed by atoms with E-state index in [9.17, 15) is 4.79 Å². The summed E-state index contributed by atoms with van der Waals surface area (Å²) in [4.78, 5) is 15.8. The minimum atomic E-state index is 0.161. The van der Waals surface area contributed by atoms with Crippen LogP contribution in [0.3, 0.4) is 0 Å². The fourth-order valence-electron chi connectivity index (χ4n) is 2.16. The normalized spacial score (nSPS) is 13.1. The quantitative estimate of drug-likeness (QED) is 0.682. The molecule has 4 nitrogen and oxygen atoms in total. The maximum absolute atomic E-state index is 11.8. The van der Waals surface area contributed by atoms with Crippen LogP contribution in [0.5, 0.6) is 0 Å². The molecule has 1 amide bonds. The molecule has 0 saturated heterocycles. The molecule has 0 aliphatic heterocycles. The zero-order valence-corrected chi connectivity index (χ0v) is 12.8. The van der Waals surface area contributed by atoms with E-state index < -0.39 is 0 Å². The first kappa shape index (κ1) is 17.4. The summed E-state index contributed by atoms with van der Waals surface area (Å²) in [7, 11) is 3.60. The third-order valence-corrected chi connectivity index (χ3v) is 3.75. The fourth-order valence-corrected chi connectivity index (χ4v) is 2.16. The Balaban J connectivity index is 4.51. The van der Waals surface area contributed by atoms with Gasteiger partial charge >= 0.3 is 0 Å². The zero-order chi connectivity index (χ0) is 14.1. The van der Waals surface area contributed by atoms with Gasteiger partial charge in [0.1, 0.15) is 0 Å². The van der Waals surface area contributed by atoms with Gasteiger partial charge in [0.25, 0.3) is 0 Å². The van der Waals surface area contributed by atoms with Crippen LogP contribution in [0.25, 0.3) is 0 Å². The van der Waals surface area contributed by atoms with E-state index in [0.29, 0.717) is 18.9 Å². The minimum Gasteiger partial charge on any atom is -0.349 e. The lowest BCUT2D eigenvalue weighted by molar-refractivity contribution is -0.130. The molecule has 0 aliphatic carbocycles. The number of hydrogen-bond donors (Lipinski definition) is 1. The van der Waals surface area contributed by atoms with E-state index in [0.717, 1.165) is 13.1 Å². The number of nitrogens with two attached hydrogens (primary N) is 1. The standard InChI is InChI=1S/C14H31N3O/c1-6-12(7-2)11-17(8-3)13(10-15)9-14(18)16(4)5/h12-13H,6-11,15H2,1-5H3. The third-order valence-electron chi connectivity index (χ3n) is 3.75. The first-order valence-corrected chi connectivity index (χ1v) is 7.14. The predicted octanol–water partition coefficient (Wildman–Crippen LogP) is 1.55. The Morgan fingerprint density at radius 3 is 2.06 bits per heavy atom. The van der Waals surface area contributed by atoms with Crippen LogP contribution in [-0.4, -0.2) is 55.5 Å². The number of likely N-dealkylation sites (N-methyl/N-ethyl adjacent to an activating group) is 1. The lowest BCUT2D eigenvalue weighted by Gasteiger charge is -2.32. The number of hydrogen-bond acceptors (Lipinski definition) is 3. The molecular formula is C14H31N3O. The molecule has 0 rings (SSSR count). The molecule has 18 heavy (non-hydrogen) atoms. The average Bonchev–Trinajstić information content (AvgIpc) is 2.37. The Labute approximate surface area is 113 Å². The SMILES string of the molecule is CCC(CC)CN(CC)C(CN)CC(=O)N(C)C. The van der Waals surface area contributed by atoms with Crippen LogP contribution in [0.2, 0.25) is 0 Å². The van der Waals surface area contributed by atoms with Crippen molar-refractivity contribution in [1.29, 1.82) is 0 Å². The number of carbonyl (C=O) groups is 1. The van der Waals surface area contributed by atoms with Crippen molar-refractivity contribution in [2.75, 3.05) is 33.7 Å². The van der Waals surface area contributed by atoms with E-state index in [4.69, 9.17) is 5.73 Å². The molecule has 0 aliphatic rings. The maximum atomic E-state index is 11.8. The van der Waals surface area contributed by atoms with Gasteiger partial charge < -0.3 is 10.6 Å². The molecule has 0 heterocycles. The van der Waals surface area contributed by atoms with Crippen molar-refractivity contribution in [3.8, 4) is 0 Å². The van der Waals surface area contributed by atoms with Gasteiger partial charge in [0.05, 0.1) is 0 Å². The number of rotatable bonds is 9. The van der Waals surface area contributed by atoms with Crippen molar-refractivity contribution in [3.63, 3.8) is 0 Å². The summed E-state index contributed by atoms with van der Waals surface area (Å²) in [6.07, 6.45) is 2.90. The van der Waals surface area contributed by atoms with E-state index in [1.54, 1.807) is 19.0 Å². The molecule has 1 atom stereocenters. The van der Waals surface area contributed by atoms with Crippen LogP contribution in [0.1, 0.15) is 40.0 Å². The molecule has 108 valence electrons. The van der Waals surface area contributed by atoms with Crippen LogP contribution in [0.4, 0.5) is 0 Å². The zero-order valence-electron chi connectivity index (χ0n) is 12.8. The summed E-state index contributed by atoms with van der Waals surface area (Å²) in [5.41, 5.74) is 5.84. The van der Waals surface area contributed by atoms with Crippen LogP contribution in [0, 0.1) is 5.92 Å². The van der Waals surface area contributed by atoms with Gasteiger partial charge in [-0.25, -0.2) is 0 Å². The van der Waals surface area contributed by atoms with Crippen molar-refractivity contribution >= 4 is 5.91 Å².